The number of fused-ring (bicyclic) bond motifs is 2. The number of carbonyl (C=O) groups excluding carboxylic acids is 1. The van der Waals surface area contributed by atoms with Gasteiger partial charge < -0.3 is 24.6 Å². The Labute approximate surface area is 207 Å². The molecular formula is C28H36N4O3. The number of amides is 1. The minimum absolute atomic E-state index is 0.0565. The number of morpholine rings is 1. The van der Waals surface area contributed by atoms with Gasteiger partial charge in [0.25, 0.3) is 0 Å². The van der Waals surface area contributed by atoms with Crippen LogP contribution in [0.1, 0.15) is 44.1 Å². The average Bonchev–Trinajstić information content (AvgIpc) is 3.76. The highest BCUT2D eigenvalue weighted by Gasteiger charge is 2.40. The number of methoxy groups -OCH3 is 1. The van der Waals surface area contributed by atoms with Crippen molar-refractivity contribution in [2.45, 2.75) is 51.2 Å². The zero-order chi connectivity index (χ0) is 23.8. The molecule has 0 spiro atoms. The van der Waals surface area contributed by atoms with E-state index in [4.69, 9.17) is 9.47 Å². The van der Waals surface area contributed by atoms with Gasteiger partial charge in [0.2, 0.25) is 5.91 Å². The van der Waals surface area contributed by atoms with Crippen molar-refractivity contribution < 1.29 is 14.3 Å². The van der Waals surface area contributed by atoms with Crippen molar-refractivity contribution in [3.05, 3.63) is 42.1 Å². The summed E-state index contributed by atoms with van der Waals surface area (Å²) in [6.45, 7) is 3.75. The summed E-state index contributed by atoms with van der Waals surface area (Å²) in [5, 5.41) is 3.51. The molecule has 0 radical (unpaired) electrons. The molecule has 186 valence electrons. The lowest BCUT2D eigenvalue weighted by atomic mass is 9.77. The van der Waals surface area contributed by atoms with Crippen molar-refractivity contribution in [3.63, 3.8) is 0 Å². The molecule has 3 fully saturated rings. The van der Waals surface area contributed by atoms with Crippen LogP contribution >= 0.6 is 0 Å². The average molecular weight is 477 g/mol. The van der Waals surface area contributed by atoms with Gasteiger partial charge in [-0.25, -0.2) is 4.98 Å². The van der Waals surface area contributed by atoms with E-state index in [1.807, 2.05) is 18.1 Å². The van der Waals surface area contributed by atoms with Crippen LogP contribution < -0.4 is 15.1 Å². The second-order valence-corrected chi connectivity index (χ2v) is 10.5. The number of hydrogen-bond acceptors (Lipinski definition) is 6. The molecule has 3 heterocycles. The Balaban J connectivity index is 1.27. The zero-order valence-corrected chi connectivity index (χ0v) is 20.6. The number of pyridine rings is 1. The lowest BCUT2D eigenvalue weighted by Gasteiger charge is -2.35. The van der Waals surface area contributed by atoms with E-state index in [2.05, 4.69) is 39.5 Å². The summed E-state index contributed by atoms with van der Waals surface area (Å²) in [4.78, 5) is 23.0. The molecule has 1 aromatic heterocycles. The molecule has 1 saturated heterocycles. The van der Waals surface area contributed by atoms with Crippen LogP contribution in [0.5, 0.6) is 0 Å². The number of benzene rings is 1. The summed E-state index contributed by atoms with van der Waals surface area (Å²) < 4.78 is 11.4. The van der Waals surface area contributed by atoms with Crippen LogP contribution in [0, 0.1) is 17.8 Å². The molecule has 4 aliphatic rings. The number of aromatic nitrogens is 1. The molecule has 1 aromatic carbocycles. The summed E-state index contributed by atoms with van der Waals surface area (Å²) in [5.41, 5.74) is 4.08. The predicted octanol–water partition coefficient (Wildman–Crippen LogP) is 4.74. The first kappa shape index (κ1) is 22.8. The van der Waals surface area contributed by atoms with Gasteiger partial charge in [-0.15, -0.1) is 0 Å². The van der Waals surface area contributed by atoms with Crippen molar-refractivity contribution in [3.8, 4) is 0 Å². The summed E-state index contributed by atoms with van der Waals surface area (Å²) in [6, 6.07) is 10.4. The zero-order valence-electron chi connectivity index (χ0n) is 20.6. The summed E-state index contributed by atoms with van der Waals surface area (Å²) in [5.74, 6) is 2.46. The molecule has 0 bridgehead atoms. The third-order valence-corrected chi connectivity index (χ3v) is 8.33. The minimum atomic E-state index is 0.0565. The fourth-order valence-corrected chi connectivity index (χ4v) is 6.24. The smallest absolute Gasteiger partial charge is 0.230 e. The second-order valence-electron chi connectivity index (χ2n) is 10.5. The second kappa shape index (κ2) is 9.78. The van der Waals surface area contributed by atoms with E-state index < -0.39 is 0 Å². The Morgan fingerprint density at radius 2 is 1.83 bits per heavy atom. The SMILES string of the molecule is CO[C@H](C1CCC(C(=O)N2Cc3cccnc3Nc3ccc(N4CCOCC4)cc32)CC1)C1CC1. The van der Waals surface area contributed by atoms with Crippen molar-refractivity contribution in [1.29, 1.82) is 0 Å². The maximum atomic E-state index is 14.1. The largest absolute Gasteiger partial charge is 0.381 e. The van der Waals surface area contributed by atoms with Crippen molar-refractivity contribution >= 4 is 28.8 Å². The van der Waals surface area contributed by atoms with Gasteiger partial charge in [0.05, 0.1) is 37.2 Å². The summed E-state index contributed by atoms with van der Waals surface area (Å²) in [6.07, 6.45) is 8.83. The molecule has 0 unspecified atom stereocenters. The van der Waals surface area contributed by atoms with E-state index in [0.29, 0.717) is 18.6 Å². The van der Waals surface area contributed by atoms with Crippen LogP contribution in [0.3, 0.4) is 0 Å². The molecule has 7 heteroatoms. The van der Waals surface area contributed by atoms with Gasteiger partial charge in [0.1, 0.15) is 5.82 Å². The van der Waals surface area contributed by atoms with E-state index >= 15 is 0 Å². The predicted molar refractivity (Wildman–Crippen MR) is 137 cm³/mol. The fraction of sp³-hybridized carbons (Fsp3) is 0.571. The lowest BCUT2D eigenvalue weighted by molar-refractivity contribution is -0.124. The standard InChI is InChI=1S/C28H36N4O3/c1-34-26(19-4-5-19)20-6-8-21(9-7-20)28(33)32-18-22-3-2-12-29-27(22)30-24-11-10-23(17-25(24)32)31-13-15-35-16-14-31/h2-3,10-12,17,19-21,26H,4-9,13-16,18H2,1H3,(H,29,30)/t20?,21?,26-/m0/s1. The molecule has 1 atom stereocenters. The summed E-state index contributed by atoms with van der Waals surface area (Å²) in [7, 11) is 1.86. The molecule has 7 nitrogen and oxygen atoms in total. The van der Waals surface area contributed by atoms with Crippen LogP contribution in [0.25, 0.3) is 0 Å². The van der Waals surface area contributed by atoms with Crippen LogP contribution in [-0.2, 0) is 20.8 Å². The number of rotatable bonds is 5. The van der Waals surface area contributed by atoms with Crippen molar-refractivity contribution in [2.75, 3.05) is 48.5 Å². The van der Waals surface area contributed by atoms with Crippen LogP contribution in [-0.4, -0.2) is 50.4 Å². The molecular weight excluding hydrogens is 440 g/mol. The highest BCUT2D eigenvalue weighted by atomic mass is 16.5. The first-order valence-electron chi connectivity index (χ1n) is 13.2. The van der Waals surface area contributed by atoms with Crippen LogP contribution in [0.2, 0.25) is 0 Å². The first-order chi connectivity index (χ1) is 17.2. The molecule has 1 amide bonds. The highest BCUT2D eigenvalue weighted by molar-refractivity contribution is 6.00. The van der Waals surface area contributed by atoms with E-state index in [1.165, 1.54) is 12.8 Å². The molecule has 2 aromatic rings. The third-order valence-electron chi connectivity index (χ3n) is 8.33. The van der Waals surface area contributed by atoms with Gasteiger partial charge in [-0.05, 0) is 74.6 Å². The number of carbonyl (C=O) groups is 1. The molecule has 35 heavy (non-hydrogen) atoms. The highest BCUT2D eigenvalue weighted by Crippen LogP contribution is 2.44. The number of nitrogens with zero attached hydrogens (tertiary/aromatic N) is 3. The normalized spacial score (nSPS) is 25.2. The number of nitrogens with one attached hydrogen (secondary N) is 1. The van der Waals surface area contributed by atoms with Crippen LogP contribution in [0.4, 0.5) is 22.9 Å². The molecule has 1 N–H and O–H groups in total. The van der Waals surface area contributed by atoms with Gasteiger partial charge >= 0.3 is 0 Å². The third kappa shape index (κ3) is 4.64. The maximum absolute atomic E-state index is 14.1. The van der Waals surface area contributed by atoms with Gasteiger partial charge in [-0.3, -0.25) is 4.79 Å². The Morgan fingerprint density at radius 3 is 2.54 bits per heavy atom. The molecule has 2 aliphatic carbocycles. The van der Waals surface area contributed by atoms with Crippen LogP contribution in [0.15, 0.2) is 36.5 Å². The number of hydrogen-bond donors (Lipinski definition) is 1. The van der Waals surface area contributed by atoms with Gasteiger partial charge in [-0.1, -0.05) is 6.07 Å². The molecule has 2 saturated carbocycles. The number of anilines is 4. The van der Waals surface area contributed by atoms with E-state index in [0.717, 1.165) is 86.3 Å². The maximum Gasteiger partial charge on any atom is 0.230 e. The Kier molecular flexibility index (Phi) is 6.37. The molecule has 2 aliphatic heterocycles. The van der Waals surface area contributed by atoms with Crippen molar-refractivity contribution in [1.82, 2.24) is 4.98 Å². The first-order valence-corrected chi connectivity index (χ1v) is 13.2. The topological polar surface area (TPSA) is 66.9 Å². The van der Waals surface area contributed by atoms with E-state index in [-0.39, 0.29) is 11.8 Å². The van der Waals surface area contributed by atoms with Gasteiger partial charge in [-0.2, -0.15) is 0 Å². The van der Waals surface area contributed by atoms with Gasteiger partial charge in [0.15, 0.2) is 0 Å². The minimum Gasteiger partial charge on any atom is -0.381 e. The molecule has 6 rings (SSSR count). The summed E-state index contributed by atoms with van der Waals surface area (Å²) >= 11 is 0. The van der Waals surface area contributed by atoms with Crippen molar-refractivity contribution in [2.24, 2.45) is 17.8 Å². The van der Waals surface area contributed by atoms with E-state index in [9.17, 15) is 4.79 Å². The Morgan fingerprint density at radius 1 is 1.09 bits per heavy atom. The fourth-order valence-electron chi connectivity index (χ4n) is 6.24. The Bertz CT molecular complexity index is 1060. The Hall–Kier alpha value is -2.64. The quantitative estimate of drug-likeness (QED) is 0.672. The van der Waals surface area contributed by atoms with E-state index in [1.54, 1.807) is 6.20 Å². The van der Waals surface area contributed by atoms with Gasteiger partial charge in [0, 0.05) is 43.6 Å². The number of ether oxygens (including phenoxy) is 2. The lowest BCUT2D eigenvalue weighted by Crippen LogP contribution is -2.39. The monoisotopic (exact) mass is 476 g/mol.